The van der Waals surface area contributed by atoms with Crippen molar-refractivity contribution in [2.45, 2.75) is 19.8 Å². The van der Waals surface area contributed by atoms with Gasteiger partial charge in [-0.15, -0.1) is 11.3 Å². The second kappa shape index (κ2) is 4.70. The molecule has 0 amide bonds. The fourth-order valence-electron chi connectivity index (χ4n) is 2.21. The molecule has 0 spiro atoms. The standard InChI is InChI=1S/C15H16N2OS/c1-10(2)12-8-11(4-5-14(12)18-3)13-9-17-6-7-19-15(17)16-13/h4-10H,1-3H3. The number of nitrogens with zero attached hydrogens (tertiary/aromatic N) is 2. The normalized spacial score (nSPS) is 11.4. The van der Waals surface area contributed by atoms with E-state index in [0.717, 1.165) is 22.0 Å². The Balaban J connectivity index is 2.09. The highest BCUT2D eigenvalue weighted by Gasteiger charge is 2.11. The second-order valence-corrected chi connectivity index (χ2v) is 5.70. The number of benzene rings is 1. The highest BCUT2D eigenvalue weighted by molar-refractivity contribution is 7.15. The van der Waals surface area contributed by atoms with Crippen LogP contribution in [0.1, 0.15) is 25.3 Å². The third-order valence-electron chi connectivity index (χ3n) is 3.24. The lowest BCUT2D eigenvalue weighted by Crippen LogP contribution is -1.94. The van der Waals surface area contributed by atoms with Gasteiger partial charge >= 0.3 is 0 Å². The maximum absolute atomic E-state index is 5.42. The van der Waals surface area contributed by atoms with Crippen LogP contribution in [-0.2, 0) is 0 Å². The molecule has 0 radical (unpaired) electrons. The molecule has 0 fully saturated rings. The third-order valence-corrected chi connectivity index (χ3v) is 4.01. The number of rotatable bonds is 3. The van der Waals surface area contributed by atoms with E-state index in [1.54, 1.807) is 18.4 Å². The van der Waals surface area contributed by atoms with E-state index in [0.29, 0.717) is 5.92 Å². The van der Waals surface area contributed by atoms with Crippen molar-refractivity contribution in [2.24, 2.45) is 0 Å². The lowest BCUT2D eigenvalue weighted by Gasteiger charge is -2.12. The molecule has 0 unspecified atom stereocenters. The minimum Gasteiger partial charge on any atom is -0.496 e. The van der Waals surface area contributed by atoms with Crippen LogP contribution in [0.15, 0.2) is 36.0 Å². The third kappa shape index (κ3) is 2.12. The first-order chi connectivity index (χ1) is 9.19. The quantitative estimate of drug-likeness (QED) is 0.714. The molecule has 0 saturated carbocycles. The van der Waals surface area contributed by atoms with Crippen LogP contribution in [0, 0.1) is 0 Å². The van der Waals surface area contributed by atoms with Gasteiger partial charge in [-0.3, -0.25) is 4.40 Å². The van der Waals surface area contributed by atoms with Crippen molar-refractivity contribution in [1.82, 2.24) is 9.38 Å². The zero-order chi connectivity index (χ0) is 13.4. The van der Waals surface area contributed by atoms with E-state index in [1.807, 2.05) is 17.6 Å². The number of imidazole rings is 1. The number of ether oxygens (including phenoxy) is 1. The summed E-state index contributed by atoms with van der Waals surface area (Å²) in [6.07, 6.45) is 4.10. The summed E-state index contributed by atoms with van der Waals surface area (Å²) in [4.78, 5) is 5.66. The number of hydrogen-bond acceptors (Lipinski definition) is 3. The molecule has 2 heterocycles. The van der Waals surface area contributed by atoms with Crippen molar-refractivity contribution in [3.63, 3.8) is 0 Å². The molecule has 3 aromatic rings. The Morgan fingerprint density at radius 2 is 2.16 bits per heavy atom. The number of fused-ring (bicyclic) bond motifs is 1. The van der Waals surface area contributed by atoms with E-state index in [4.69, 9.17) is 4.74 Å². The van der Waals surface area contributed by atoms with Gasteiger partial charge in [-0.05, 0) is 29.7 Å². The molecular formula is C15H16N2OS. The van der Waals surface area contributed by atoms with Gasteiger partial charge < -0.3 is 4.74 Å². The van der Waals surface area contributed by atoms with Crippen molar-refractivity contribution in [3.8, 4) is 17.0 Å². The molecule has 4 heteroatoms. The largest absolute Gasteiger partial charge is 0.496 e. The minimum atomic E-state index is 0.429. The maximum Gasteiger partial charge on any atom is 0.194 e. The van der Waals surface area contributed by atoms with Crippen molar-refractivity contribution in [3.05, 3.63) is 41.5 Å². The van der Waals surface area contributed by atoms with Crippen molar-refractivity contribution in [2.75, 3.05) is 7.11 Å². The highest BCUT2D eigenvalue weighted by atomic mass is 32.1. The smallest absolute Gasteiger partial charge is 0.194 e. The lowest BCUT2D eigenvalue weighted by atomic mass is 9.98. The Morgan fingerprint density at radius 1 is 1.32 bits per heavy atom. The van der Waals surface area contributed by atoms with Crippen molar-refractivity contribution >= 4 is 16.3 Å². The van der Waals surface area contributed by atoms with Crippen LogP contribution in [0.4, 0.5) is 0 Å². The fraction of sp³-hybridized carbons (Fsp3) is 0.267. The molecule has 0 N–H and O–H groups in total. The summed E-state index contributed by atoms with van der Waals surface area (Å²) in [5.41, 5.74) is 3.37. The highest BCUT2D eigenvalue weighted by Crippen LogP contribution is 2.31. The maximum atomic E-state index is 5.42. The Hall–Kier alpha value is -1.81. The Bertz CT molecular complexity index is 683. The molecule has 3 rings (SSSR count). The first-order valence-corrected chi connectivity index (χ1v) is 7.17. The van der Waals surface area contributed by atoms with Gasteiger partial charge in [0.15, 0.2) is 4.96 Å². The molecule has 0 bridgehead atoms. The van der Waals surface area contributed by atoms with Gasteiger partial charge in [0.1, 0.15) is 5.75 Å². The Morgan fingerprint density at radius 3 is 2.84 bits per heavy atom. The Kier molecular flexibility index (Phi) is 3.03. The molecule has 0 atom stereocenters. The first kappa shape index (κ1) is 12.2. The predicted molar refractivity (Wildman–Crippen MR) is 79.1 cm³/mol. The molecule has 0 aliphatic rings. The molecule has 0 saturated heterocycles. The van der Waals surface area contributed by atoms with Crippen LogP contribution in [-0.4, -0.2) is 16.5 Å². The predicted octanol–water partition coefficient (Wildman–Crippen LogP) is 4.19. The van der Waals surface area contributed by atoms with Crippen LogP contribution in [0.3, 0.4) is 0 Å². The zero-order valence-corrected chi connectivity index (χ0v) is 12.1. The molecule has 1 aromatic carbocycles. The van der Waals surface area contributed by atoms with Crippen molar-refractivity contribution in [1.29, 1.82) is 0 Å². The number of methoxy groups -OCH3 is 1. The molecule has 98 valence electrons. The van der Waals surface area contributed by atoms with E-state index in [2.05, 4.69) is 41.6 Å². The zero-order valence-electron chi connectivity index (χ0n) is 11.3. The number of hydrogen-bond donors (Lipinski definition) is 0. The molecule has 2 aromatic heterocycles. The SMILES string of the molecule is COc1ccc(-c2cn3ccsc3n2)cc1C(C)C. The minimum absolute atomic E-state index is 0.429. The summed E-state index contributed by atoms with van der Waals surface area (Å²) in [6.45, 7) is 4.35. The number of thiazole rings is 1. The van der Waals surface area contributed by atoms with Gasteiger partial charge in [0.2, 0.25) is 0 Å². The molecular weight excluding hydrogens is 256 g/mol. The first-order valence-electron chi connectivity index (χ1n) is 6.29. The summed E-state index contributed by atoms with van der Waals surface area (Å²) in [5, 5.41) is 2.04. The van der Waals surface area contributed by atoms with Gasteiger partial charge in [-0.25, -0.2) is 4.98 Å². The summed E-state index contributed by atoms with van der Waals surface area (Å²) >= 11 is 1.65. The fourth-order valence-corrected chi connectivity index (χ4v) is 2.91. The molecule has 19 heavy (non-hydrogen) atoms. The topological polar surface area (TPSA) is 26.5 Å². The molecule has 0 aliphatic carbocycles. The van der Waals surface area contributed by atoms with E-state index in [-0.39, 0.29) is 0 Å². The Labute approximate surface area is 116 Å². The molecule has 0 aliphatic heterocycles. The van der Waals surface area contributed by atoms with Crippen LogP contribution >= 0.6 is 11.3 Å². The van der Waals surface area contributed by atoms with Crippen LogP contribution in [0.2, 0.25) is 0 Å². The van der Waals surface area contributed by atoms with Gasteiger partial charge in [0.05, 0.1) is 12.8 Å². The van der Waals surface area contributed by atoms with E-state index in [9.17, 15) is 0 Å². The van der Waals surface area contributed by atoms with Crippen LogP contribution in [0.5, 0.6) is 5.75 Å². The van der Waals surface area contributed by atoms with Gasteiger partial charge in [-0.2, -0.15) is 0 Å². The van der Waals surface area contributed by atoms with Gasteiger partial charge in [0, 0.05) is 23.3 Å². The average Bonchev–Trinajstić information content (AvgIpc) is 2.98. The van der Waals surface area contributed by atoms with Gasteiger partial charge in [0.25, 0.3) is 0 Å². The monoisotopic (exact) mass is 272 g/mol. The summed E-state index contributed by atoms with van der Waals surface area (Å²) in [6, 6.07) is 6.27. The summed E-state index contributed by atoms with van der Waals surface area (Å²) in [7, 11) is 1.72. The van der Waals surface area contributed by atoms with Gasteiger partial charge in [-0.1, -0.05) is 13.8 Å². The van der Waals surface area contributed by atoms with Crippen LogP contribution < -0.4 is 4.74 Å². The summed E-state index contributed by atoms with van der Waals surface area (Å²) in [5.74, 6) is 1.37. The van der Waals surface area contributed by atoms with E-state index >= 15 is 0 Å². The van der Waals surface area contributed by atoms with E-state index in [1.165, 1.54) is 5.56 Å². The van der Waals surface area contributed by atoms with Crippen LogP contribution in [0.25, 0.3) is 16.2 Å². The van der Waals surface area contributed by atoms with Crippen molar-refractivity contribution < 1.29 is 4.74 Å². The lowest BCUT2D eigenvalue weighted by molar-refractivity contribution is 0.407. The van der Waals surface area contributed by atoms with E-state index < -0.39 is 0 Å². The second-order valence-electron chi connectivity index (χ2n) is 4.83. The average molecular weight is 272 g/mol. The molecule has 3 nitrogen and oxygen atoms in total. The number of aromatic nitrogens is 2. The summed E-state index contributed by atoms with van der Waals surface area (Å²) < 4.78 is 7.47.